The number of ether oxygens (including phenoxy) is 1. The van der Waals surface area contributed by atoms with E-state index < -0.39 is 0 Å². The average Bonchev–Trinajstić information content (AvgIpc) is 2.35. The van der Waals surface area contributed by atoms with Gasteiger partial charge in [0.1, 0.15) is 10.8 Å². The molecule has 0 saturated carbocycles. The van der Waals surface area contributed by atoms with Crippen molar-refractivity contribution >= 4 is 27.5 Å². The Morgan fingerprint density at radius 2 is 1.89 bits per heavy atom. The molecule has 100 valence electrons. The highest BCUT2D eigenvalue weighted by molar-refractivity contribution is 9.10. The van der Waals surface area contributed by atoms with Gasteiger partial charge in [0, 0.05) is 17.2 Å². The molecule has 0 spiro atoms. The maximum atomic E-state index is 6.11. The zero-order valence-corrected chi connectivity index (χ0v) is 13.0. The van der Waals surface area contributed by atoms with Gasteiger partial charge >= 0.3 is 0 Å². The zero-order chi connectivity index (χ0) is 14.0. The van der Waals surface area contributed by atoms with E-state index in [4.69, 9.17) is 22.1 Å². The lowest BCUT2D eigenvalue weighted by Crippen LogP contribution is -2.00. The summed E-state index contributed by atoms with van der Waals surface area (Å²) in [5.74, 6) is 1.17. The van der Waals surface area contributed by atoms with Crippen LogP contribution in [-0.4, -0.2) is 4.98 Å². The van der Waals surface area contributed by atoms with Crippen molar-refractivity contribution < 1.29 is 4.74 Å². The van der Waals surface area contributed by atoms with Crippen LogP contribution in [0.3, 0.4) is 0 Å². The van der Waals surface area contributed by atoms with Crippen molar-refractivity contribution in [3.05, 3.63) is 50.6 Å². The Hall–Kier alpha value is -1.10. The standard InChI is InChI=1S/C14H14BrClN2O/c1-8-3-10(6-17)4-9(2)13(8)19-14-12(16)5-11(15)7-18-14/h3-5,7H,6,17H2,1-2H3. The van der Waals surface area contributed by atoms with Crippen molar-refractivity contribution in [3.8, 4) is 11.6 Å². The number of aryl methyl sites for hydroxylation is 2. The number of nitrogens with zero attached hydrogens (tertiary/aromatic N) is 1. The first-order chi connectivity index (χ1) is 9.01. The van der Waals surface area contributed by atoms with Gasteiger partial charge in [-0.05, 0) is 52.5 Å². The SMILES string of the molecule is Cc1cc(CN)cc(C)c1Oc1ncc(Br)cc1Cl. The number of aromatic nitrogens is 1. The van der Waals surface area contributed by atoms with Crippen LogP contribution in [0.25, 0.3) is 0 Å². The van der Waals surface area contributed by atoms with Gasteiger partial charge in [0.25, 0.3) is 0 Å². The van der Waals surface area contributed by atoms with E-state index in [0.29, 0.717) is 17.4 Å². The van der Waals surface area contributed by atoms with E-state index in [-0.39, 0.29) is 0 Å². The molecule has 0 aliphatic heterocycles. The number of halogens is 2. The number of rotatable bonds is 3. The summed E-state index contributed by atoms with van der Waals surface area (Å²) in [4.78, 5) is 4.17. The molecule has 0 bridgehead atoms. The first-order valence-electron chi connectivity index (χ1n) is 5.80. The van der Waals surface area contributed by atoms with E-state index in [1.54, 1.807) is 12.3 Å². The van der Waals surface area contributed by atoms with E-state index in [1.807, 2.05) is 26.0 Å². The van der Waals surface area contributed by atoms with Crippen LogP contribution in [-0.2, 0) is 6.54 Å². The highest BCUT2D eigenvalue weighted by atomic mass is 79.9. The first kappa shape index (κ1) is 14.3. The lowest BCUT2D eigenvalue weighted by Gasteiger charge is -2.13. The number of hydrogen-bond acceptors (Lipinski definition) is 3. The highest BCUT2D eigenvalue weighted by Gasteiger charge is 2.11. The van der Waals surface area contributed by atoms with E-state index in [9.17, 15) is 0 Å². The summed E-state index contributed by atoms with van der Waals surface area (Å²) in [5.41, 5.74) is 8.76. The molecule has 0 unspecified atom stereocenters. The smallest absolute Gasteiger partial charge is 0.238 e. The summed E-state index contributed by atoms with van der Waals surface area (Å²) in [7, 11) is 0. The number of nitrogens with two attached hydrogens (primary N) is 1. The van der Waals surface area contributed by atoms with Crippen LogP contribution in [0.15, 0.2) is 28.9 Å². The summed E-state index contributed by atoms with van der Waals surface area (Å²) < 4.78 is 6.64. The molecule has 2 N–H and O–H groups in total. The molecule has 0 aliphatic rings. The third kappa shape index (κ3) is 3.26. The Balaban J connectivity index is 2.38. The summed E-state index contributed by atoms with van der Waals surface area (Å²) in [6, 6.07) is 5.77. The van der Waals surface area contributed by atoms with Crippen molar-refractivity contribution in [2.75, 3.05) is 0 Å². The number of hydrogen-bond donors (Lipinski definition) is 1. The predicted octanol–water partition coefficient (Wildman–Crippen LogP) is 4.37. The molecule has 2 aromatic rings. The molecule has 19 heavy (non-hydrogen) atoms. The minimum absolute atomic E-state index is 0.400. The lowest BCUT2D eigenvalue weighted by molar-refractivity contribution is 0.456. The van der Waals surface area contributed by atoms with Gasteiger partial charge in [-0.3, -0.25) is 0 Å². The second kappa shape index (κ2) is 5.90. The quantitative estimate of drug-likeness (QED) is 0.902. The molecule has 0 saturated heterocycles. The van der Waals surface area contributed by atoms with Gasteiger partial charge in [0.15, 0.2) is 0 Å². The van der Waals surface area contributed by atoms with Crippen LogP contribution >= 0.6 is 27.5 Å². The van der Waals surface area contributed by atoms with Gasteiger partial charge in [-0.1, -0.05) is 23.7 Å². The summed E-state index contributed by atoms with van der Waals surface area (Å²) in [6.07, 6.45) is 1.65. The van der Waals surface area contributed by atoms with Crippen molar-refractivity contribution in [2.45, 2.75) is 20.4 Å². The largest absolute Gasteiger partial charge is 0.437 e. The van der Waals surface area contributed by atoms with Crippen molar-refractivity contribution in [1.29, 1.82) is 0 Å². The maximum Gasteiger partial charge on any atom is 0.238 e. The monoisotopic (exact) mass is 340 g/mol. The Labute approximate surface area is 125 Å². The van der Waals surface area contributed by atoms with Crippen molar-refractivity contribution in [1.82, 2.24) is 4.98 Å². The Morgan fingerprint density at radius 3 is 2.42 bits per heavy atom. The second-order valence-corrected chi connectivity index (χ2v) is 5.63. The summed E-state index contributed by atoms with van der Waals surface area (Å²) in [6.45, 7) is 4.47. The van der Waals surface area contributed by atoms with Crippen LogP contribution in [0.4, 0.5) is 0 Å². The second-order valence-electron chi connectivity index (χ2n) is 4.31. The van der Waals surface area contributed by atoms with Crippen LogP contribution < -0.4 is 10.5 Å². The molecule has 0 atom stereocenters. The number of pyridine rings is 1. The van der Waals surface area contributed by atoms with Crippen LogP contribution in [0.5, 0.6) is 11.6 Å². The lowest BCUT2D eigenvalue weighted by atomic mass is 10.1. The fraction of sp³-hybridized carbons (Fsp3) is 0.214. The minimum Gasteiger partial charge on any atom is -0.437 e. The van der Waals surface area contributed by atoms with E-state index >= 15 is 0 Å². The molecule has 1 aromatic carbocycles. The summed E-state index contributed by atoms with van der Waals surface area (Å²) in [5, 5.41) is 0.469. The molecule has 0 aliphatic carbocycles. The predicted molar refractivity (Wildman–Crippen MR) is 80.8 cm³/mol. The van der Waals surface area contributed by atoms with Gasteiger partial charge < -0.3 is 10.5 Å². The highest BCUT2D eigenvalue weighted by Crippen LogP contribution is 2.33. The molecule has 3 nitrogen and oxygen atoms in total. The van der Waals surface area contributed by atoms with Crippen LogP contribution in [0.2, 0.25) is 5.02 Å². The Bertz CT molecular complexity index is 593. The van der Waals surface area contributed by atoms with Gasteiger partial charge in [-0.15, -0.1) is 0 Å². The molecule has 5 heteroatoms. The van der Waals surface area contributed by atoms with Crippen molar-refractivity contribution in [2.24, 2.45) is 5.73 Å². The molecule has 0 amide bonds. The van der Waals surface area contributed by atoms with Gasteiger partial charge in [0.2, 0.25) is 5.88 Å². The van der Waals surface area contributed by atoms with E-state index in [2.05, 4.69) is 20.9 Å². The van der Waals surface area contributed by atoms with Crippen LogP contribution in [0.1, 0.15) is 16.7 Å². The topological polar surface area (TPSA) is 48.1 Å². The fourth-order valence-corrected chi connectivity index (χ4v) is 2.56. The molecule has 1 aromatic heterocycles. The molecule has 2 rings (SSSR count). The average molecular weight is 342 g/mol. The Kier molecular flexibility index (Phi) is 4.45. The van der Waals surface area contributed by atoms with Gasteiger partial charge in [-0.25, -0.2) is 4.98 Å². The first-order valence-corrected chi connectivity index (χ1v) is 6.97. The van der Waals surface area contributed by atoms with Crippen molar-refractivity contribution in [3.63, 3.8) is 0 Å². The van der Waals surface area contributed by atoms with Gasteiger partial charge in [-0.2, -0.15) is 0 Å². The molecule has 1 heterocycles. The van der Waals surface area contributed by atoms with Crippen LogP contribution in [0, 0.1) is 13.8 Å². The normalized spacial score (nSPS) is 10.6. The number of benzene rings is 1. The third-order valence-electron chi connectivity index (χ3n) is 2.73. The minimum atomic E-state index is 0.400. The molecule has 0 radical (unpaired) electrons. The summed E-state index contributed by atoms with van der Waals surface area (Å²) >= 11 is 9.42. The van der Waals surface area contributed by atoms with E-state index in [0.717, 1.165) is 26.9 Å². The fourth-order valence-electron chi connectivity index (χ4n) is 1.89. The molecular formula is C14H14BrClN2O. The van der Waals surface area contributed by atoms with E-state index in [1.165, 1.54) is 0 Å². The molecular weight excluding hydrogens is 328 g/mol. The Morgan fingerprint density at radius 1 is 1.26 bits per heavy atom. The maximum absolute atomic E-state index is 6.11. The zero-order valence-electron chi connectivity index (χ0n) is 10.7. The van der Waals surface area contributed by atoms with Gasteiger partial charge in [0.05, 0.1) is 0 Å². The third-order valence-corrected chi connectivity index (χ3v) is 3.43. The molecule has 0 fully saturated rings.